The Morgan fingerprint density at radius 3 is 2.48 bits per heavy atom. The van der Waals surface area contributed by atoms with Crippen LogP contribution < -0.4 is 5.48 Å². The number of benzene rings is 1. The Labute approximate surface area is 158 Å². The average molecular weight is 521 g/mol. The Hall–Kier alpha value is -0.652. The normalized spacial score (nSPS) is 11.0. The van der Waals surface area contributed by atoms with Gasteiger partial charge in [0.25, 0.3) is 0 Å². The van der Waals surface area contributed by atoms with Crippen LogP contribution in [0.25, 0.3) is 0 Å². The first-order valence-corrected chi connectivity index (χ1v) is 8.54. The van der Waals surface area contributed by atoms with Crippen molar-refractivity contribution in [2.24, 2.45) is 0 Å². The molecule has 1 unspecified atom stereocenters. The molecular weight excluding hydrogens is 502 g/mol. The monoisotopic (exact) mass is 521 g/mol. The van der Waals surface area contributed by atoms with Gasteiger partial charge in [-0.1, -0.05) is 37.5 Å². The quantitative estimate of drug-likeness (QED) is 0.497. The van der Waals surface area contributed by atoms with E-state index in [0.717, 1.165) is 0 Å². The van der Waals surface area contributed by atoms with E-state index >= 15 is 0 Å². The van der Waals surface area contributed by atoms with Gasteiger partial charge in [0.1, 0.15) is 11.1 Å². The molecule has 7 heteroatoms. The van der Waals surface area contributed by atoms with Gasteiger partial charge in [0.2, 0.25) is 0 Å². The van der Waals surface area contributed by atoms with Crippen molar-refractivity contribution in [2.75, 3.05) is 7.05 Å². The van der Waals surface area contributed by atoms with Gasteiger partial charge in [-0.05, 0) is 5.38 Å². The summed E-state index contributed by atoms with van der Waals surface area (Å²) < 4.78 is 15.7. The Kier molecular flexibility index (Phi) is 10.7. The molecule has 23 heavy (non-hydrogen) atoms. The van der Waals surface area contributed by atoms with Crippen LogP contribution in [0.1, 0.15) is 27.1 Å². The molecule has 1 atom stereocenters. The van der Waals surface area contributed by atoms with Crippen molar-refractivity contribution >= 4 is 28.7 Å². The first-order valence-electron chi connectivity index (χ1n) is 6.58. The van der Waals surface area contributed by atoms with Gasteiger partial charge in [0.05, 0.1) is 0 Å². The van der Waals surface area contributed by atoms with E-state index in [-0.39, 0.29) is 21.1 Å². The molecule has 2 aromatic rings. The van der Waals surface area contributed by atoms with Crippen molar-refractivity contribution in [3.8, 4) is 0 Å². The first kappa shape index (κ1) is 22.3. The number of aryl methyl sites for hydroxylation is 3. The third-order valence-electron chi connectivity index (χ3n) is 3.03. The smallest absolute Gasteiger partial charge is 0.417 e. The maximum Gasteiger partial charge on any atom is 2.00 e. The summed E-state index contributed by atoms with van der Waals surface area (Å²) in [6.45, 7) is 8.47. The summed E-state index contributed by atoms with van der Waals surface area (Å²) in [5, 5.41) is 1.66. The molecule has 1 aromatic carbocycles. The van der Waals surface area contributed by atoms with Crippen LogP contribution in [0.15, 0.2) is 22.4 Å². The predicted octanol–water partition coefficient (Wildman–Crippen LogP) is 3.10. The zero-order valence-electron chi connectivity index (χ0n) is 13.7. The molecular formula is C16H19NO3S2W. The van der Waals surface area contributed by atoms with Crippen molar-refractivity contribution in [3.63, 3.8) is 0 Å². The standard InChI is InChI=1S/C10H13.C6H6NO3S2.W/c1-7-5-8(2)10(4)9(3)6-7;1-7-10-12(9)6-2-3-11-5(6)4-8;/h5H,1-4H3;2-3,7H,1H3;/q2*-1;+2. The second-order valence-corrected chi connectivity index (χ2v) is 6.62. The summed E-state index contributed by atoms with van der Waals surface area (Å²) in [5.74, 6) is 0. The van der Waals surface area contributed by atoms with Crippen LogP contribution in [-0.4, -0.2) is 17.5 Å². The summed E-state index contributed by atoms with van der Waals surface area (Å²) >= 11 is -0.448. The van der Waals surface area contributed by atoms with Gasteiger partial charge in [-0.25, -0.2) is 8.49 Å². The van der Waals surface area contributed by atoms with Gasteiger partial charge in [-0.2, -0.15) is 51.2 Å². The van der Waals surface area contributed by atoms with E-state index in [1.165, 1.54) is 40.6 Å². The van der Waals surface area contributed by atoms with E-state index in [2.05, 4.69) is 49.6 Å². The van der Waals surface area contributed by atoms with Gasteiger partial charge in [0, 0.05) is 13.3 Å². The molecule has 0 saturated heterocycles. The van der Waals surface area contributed by atoms with Crippen molar-refractivity contribution in [3.05, 3.63) is 50.7 Å². The number of hydrogen-bond acceptors (Lipinski definition) is 5. The fourth-order valence-corrected chi connectivity index (χ4v) is 3.40. The van der Waals surface area contributed by atoms with Gasteiger partial charge >= 0.3 is 21.1 Å². The SMILES string of the molecule is CNOS(=O)c1ccsc1[C-]=O.Cc1[c-]c(C)c(C)c(C)c1.[W+2]. The molecule has 1 N–H and O–H groups in total. The molecule has 0 spiro atoms. The molecule has 2 rings (SSSR count). The second kappa shape index (κ2) is 11.0. The topological polar surface area (TPSA) is 55.4 Å². The van der Waals surface area contributed by atoms with Crippen molar-refractivity contribution < 1.29 is 34.4 Å². The third-order valence-corrected chi connectivity index (χ3v) is 4.99. The molecule has 0 bridgehead atoms. The first-order chi connectivity index (χ1) is 10.4. The average Bonchev–Trinajstić information content (AvgIpc) is 2.94. The van der Waals surface area contributed by atoms with E-state index in [4.69, 9.17) is 0 Å². The molecule has 0 aliphatic carbocycles. The second-order valence-electron chi connectivity index (χ2n) is 4.62. The summed E-state index contributed by atoms with van der Waals surface area (Å²) in [6, 6.07) is 7.02. The zero-order valence-corrected chi connectivity index (χ0v) is 18.2. The summed E-state index contributed by atoms with van der Waals surface area (Å²) in [6.07, 6.45) is 1.68. The van der Waals surface area contributed by atoms with Crippen molar-refractivity contribution in [2.45, 2.75) is 32.6 Å². The third kappa shape index (κ3) is 6.77. The number of hydrogen-bond donors (Lipinski definition) is 1. The Balaban J connectivity index is 0.000000409. The number of hydroxylamine groups is 1. The van der Waals surface area contributed by atoms with E-state index in [1.54, 1.807) is 17.7 Å². The summed E-state index contributed by atoms with van der Waals surface area (Å²) in [4.78, 5) is 10.9. The molecule has 1 heterocycles. The minimum absolute atomic E-state index is 0. The maximum atomic E-state index is 11.1. The molecule has 0 aliphatic heterocycles. The van der Waals surface area contributed by atoms with Crippen LogP contribution in [0, 0.1) is 33.8 Å². The van der Waals surface area contributed by atoms with Gasteiger partial charge in [-0.15, -0.1) is 6.07 Å². The summed E-state index contributed by atoms with van der Waals surface area (Å²) in [7, 11) is 1.49. The van der Waals surface area contributed by atoms with Gasteiger partial charge in [-0.3, -0.25) is 0 Å². The number of rotatable bonds is 4. The number of thiophene rings is 1. The van der Waals surface area contributed by atoms with Crippen LogP contribution in [0.5, 0.6) is 0 Å². The fourth-order valence-electron chi connectivity index (χ4n) is 1.78. The molecule has 0 amide bonds. The van der Waals surface area contributed by atoms with E-state index in [1.807, 2.05) is 0 Å². The molecule has 0 radical (unpaired) electrons. The number of nitrogens with one attached hydrogen (secondary N) is 1. The predicted molar refractivity (Wildman–Crippen MR) is 89.9 cm³/mol. The summed E-state index contributed by atoms with van der Waals surface area (Å²) in [5.41, 5.74) is 7.53. The minimum Gasteiger partial charge on any atom is -0.417 e. The molecule has 4 nitrogen and oxygen atoms in total. The van der Waals surface area contributed by atoms with Crippen molar-refractivity contribution in [1.29, 1.82) is 0 Å². The van der Waals surface area contributed by atoms with E-state index < -0.39 is 11.1 Å². The Bertz CT molecular complexity index is 648. The largest absolute Gasteiger partial charge is 2.00 e. The van der Waals surface area contributed by atoms with Crippen LogP contribution in [0.2, 0.25) is 0 Å². The maximum absolute atomic E-state index is 11.1. The Morgan fingerprint density at radius 1 is 1.30 bits per heavy atom. The molecule has 0 fully saturated rings. The van der Waals surface area contributed by atoms with Gasteiger partial charge in [0.15, 0.2) is 0 Å². The van der Waals surface area contributed by atoms with Crippen molar-refractivity contribution in [1.82, 2.24) is 5.48 Å². The fraction of sp³-hybridized carbons (Fsp3) is 0.312. The van der Waals surface area contributed by atoms with Crippen LogP contribution in [0.3, 0.4) is 0 Å². The zero-order chi connectivity index (χ0) is 16.7. The van der Waals surface area contributed by atoms with Crippen LogP contribution in [0.4, 0.5) is 0 Å². The van der Waals surface area contributed by atoms with Gasteiger partial charge < -0.3 is 4.79 Å². The van der Waals surface area contributed by atoms with Crippen LogP contribution in [-0.2, 0) is 41.2 Å². The van der Waals surface area contributed by atoms with E-state index in [9.17, 15) is 9.00 Å². The Morgan fingerprint density at radius 2 is 1.96 bits per heavy atom. The molecule has 1 aromatic heterocycles. The molecule has 0 aliphatic rings. The number of carbonyl (C=O) groups excluding carboxylic acids is 1. The van der Waals surface area contributed by atoms with E-state index in [0.29, 0.717) is 9.77 Å². The molecule has 0 saturated carbocycles. The van der Waals surface area contributed by atoms with Crippen LogP contribution >= 0.6 is 11.3 Å². The molecule has 124 valence electrons. The minimum atomic E-state index is -1.63.